The standard InChI is InChI=1S/C21H24N2O5/c1-15-5-11-18(12-6-15)27-13-3-4-20(25)28-14-19(24)23-17-9-7-16(8-10-17)21(26)22-2/h5-12H,3-4,13-14H2,1-2H3,(H,22,26)(H,23,24). The van der Waals surface area contributed by atoms with E-state index in [0.29, 0.717) is 24.3 Å². The molecule has 0 saturated heterocycles. The zero-order chi connectivity index (χ0) is 20.4. The van der Waals surface area contributed by atoms with Crippen molar-refractivity contribution in [1.29, 1.82) is 0 Å². The second kappa shape index (κ2) is 10.7. The van der Waals surface area contributed by atoms with Crippen LogP contribution in [0.15, 0.2) is 48.5 Å². The number of rotatable bonds is 9. The normalized spacial score (nSPS) is 10.1. The highest BCUT2D eigenvalue weighted by molar-refractivity contribution is 5.96. The van der Waals surface area contributed by atoms with E-state index in [9.17, 15) is 14.4 Å². The Hall–Kier alpha value is -3.35. The molecule has 0 aliphatic heterocycles. The van der Waals surface area contributed by atoms with Gasteiger partial charge in [-0.2, -0.15) is 0 Å². The number of esters is 1. The van der Waals surface area contributed by atoms with Gasteiger partial charge in [-0.15, -0.1) is 0 Å². The first-order chi connectivity index (χ1) is 13.5. The lowest BCUT2D eigenvalue weighted by Gasteiger charge is -2.08. The van der Waals surface area contributed by atoms with Crippen LogP contribution in [0.1, 0.15) is 28.8 Å². The van der Waals surface area contributed by atoms with Gasteiger partial charge in [-0.25, -0.2) is 0 Å². The van der Waals surface area contributed by atoms with Crippen molar-refractivity contribution >= 4 is 23.5 Å². The van der Waals surface area contributed by atoms with E-state index in [0.717, 1.165) is 11.3 Å². The quantitative estimate of drug-likeness (QED) is 0.512. The molecule has 2 amide bonds. The Labute approximate surface area is 164 Å². The number of carbonyl (C=O) groups is 3. The summed E-state index contributed by atoms with van der Waals surface area (Å²) in [6, 6.07) is 14.0. The fourth-order valence-corrected chi connectivity index (χ4v) is 2.31. The van der Waals surface area contributed by atoms with Crippen LogP contribution in [0.3, 0.4) is 0 Å². The largest absolute Gasteiger partial charge is 0.494 e. The van der Waals surface area contributed by atoms with E-state index < -0.39 is 11.9 Å². The van der Waals surface area contributed by atoms with Crippen molar-refractivity contribution in [1.82, 2.24) is 5.32 Å². The fraction of sp³-hybridized carbons (Fsp3) is 0.286. The zero-order valence-corrected chi connectivity index (χ0v) is 16.0. The number of amides is 2. The molecule has 7 heteroatoms. The maximum absolute atomic E-state index is 11.8. The Kier molecular flexibility index (Phi) is 8.02. The number of anilines is 1. The van der Waals surface area contributed by atoms with Crippen molar-refractivity contribution in [2.75, 3.05) is 25.6 Å². The van der Waals surface area contributed by atoms with E-state index in [1.807, 2.05) is 31.2 Å². The summed E-state index contributed by atoms with van der Waals surface area (Å²) < 4.78 is 10.5. The van der Waals surface area contributed by atoms with Gasteiger partial charge in [0.05, 0.1) is 6.61 Å². The third-order valence-corrected chi connectivity index (χ3v) is 3.84. The molecule has 0 unspecified atom stereocenters. The topological polar surface area (TPSA) is 93.7 Å². The van der Waals surface area contributed by atoms with Crippen molar-refractivity contribution in [2.24, 2.45) is 0 Å². The lowest BCUT2D eigenvalue weighted by Crippen LogP contribution is -2.21. The van der Waals surface area contributed by atoms with Crippen LogP contribution in [0.4, 0.5) is 5.69 Å². The van der Waals surface area contributed by atoms with Crippen LogP contribution in [-0.2, 0) is 14.3 Å². The molecule has 0 spiro atoms. The molecule has 28 heavy (non-hydrogen) atoms. The molecule has 2 aromatic rings. The molecule has 0 heterocycles. The number of ether oxygens (including phenoxy) is 2. The summed E-state index contributed by atoms with van der Waals surface area (Å²) in [7, 11) is 1.54. The van der Waals surface area contributed by atoms with Gasteiger partial charge in [-0.3, -0.25) is 14.4 Å². The molecule has 2 aromatic carbocycles. The molecule has 2 rings (SSSR count). The molecule has 0 aliphatic carbocycles. The average Bonchev–Trinajstić information content (AvgIpc) is 2.71. The van der Waals surface area contributed by atoms with Crippen LogP contribution >= 0.6 is 0 Å². The monoisotopic (exact) mass is 384 g/mol. The number of benzene rings is 2. The summed E-state index contributed by atoms with van der Waals surface area (Å²) in [5.74, 6) is -0.367. The van der Waals surface area contributed by atoms with Crippen molar-refractivity contribution < 1.29 is 23.9 Å². The third kappa shape index (κ3) is 7.11. The molecule has 0 fully saturated rings. The highest BCUT2D eigenvalue weighted by Crippen LogP contribution is 2.12. The lowest BCUT2D eigenvalue weighted by molar-refractivity contribution is -0.147. The Morgan fingerprint density at radius 3 is 2.29 bits per heavy atom. The molecule has 7 nitrogen and oxygen atoms in total. The van der Waals surface area contributed by atoms with Crippen LogP contribution < -0.4 is 15.4 Å². The van der Waals surface area contributed by atoms with E-state index in [-0.39, 0.29) is 18.9 Å². The predicted octanol–water partition coefficient (Wildman–Crippen LogP) is 2.70. The summed E-state index contributed by atoms with van der Waals surface area (Å²) in [6.45, 7) is 2.02. The summed E-state index contributed by atoms with van der Waals surface area (Å²) in [5.41, 5.74) is 2.15. The minimum atomic E-state index is -0.461. The summed E-state index contributed by atoms with van der Waals surface area (Å²) >= 11 is 0. The summed E-state index contributed by atoms with van der Waals surface area (Å²) in [4.78, 5) is 35.0. The van der Waals surface area contributed by atoms with E-state index in [1.54, 1.807) is 31.3 Å². The second-order valence-electron chi connectivity index (χ2n) is 6.13. The fourth-order valence-electron chi connectivity index (χ4n) is 2.31. The smallest absolute Gasteiger partial charge is 0.306 e. The number of hydrogen-bond acceptors (Lipinski definition) is 5. The first-order valence-corrected chi connectivity index (χ1v) is 8.95. The molecule has 2 N–H and O–H groups in total. The summed E-state index contributed by atoms with van der Waals surface area (Å²) in [5, 5.41) is 5.12. The molecule has 0 bridgehead atoms. The Bertz CT molecular complexity index is 801. The van der Waals surface area contributed by atoms with Crippen molar-refractivity contribution in [3.63, 3.8) is 0 Å². The van der Waals surface area contributed by atoms with Gasteiger partial charge >= 0.3 is 5.97 Å². The number of nitrogens with one attached hydrogen (secondary N) is 2. The first-order valence-electron chi connectivity index (χ1n) is 8.95. The minimum Gasteiger partial charge on any atom is -0.494 e. The molecule has 0 aliphatic rings. The Morgan fingerprint density at radius 1 is 0.964 bits per heavy atom. The van der Waals surface area contributed by atoms with Crippen LogP contribution in [-0.4, -0.2) is 38.0 Å². The van der Waals surface area contributed by atoms with Gasteiger partial charge in [0, 0.05) is 24.7 Å². The van der Waals surface area contributed by atoms with Crippen LogP contribution in [0.2, 0.25) is 0 Å². The highest BCUT2D eigenvalue weighted by Gasteiger charge is 2.09. The molecule has 0 saturated carbocycles. The maximum atomic E-state index is 11.8. The molecule has 148 valence electrons. The van der Waals surface area contributed by atoms with E-state index >= 15 is 0 Å². The van der Waals surface area contributed by atoms with Crippen molar-refractivity contribution in [2.45, 2.75) is 19.8 Å². The van der Waals surface area contributed by atoms with E-state index in [1.165, 1.54) is 0 Å². The molecule has 0 aromatic heterocycles. The summed E-state index contributed by atoms with van der Waals surface area (Å²) in [6.07, 6.45) is 0.662. The van der Waals surface area contributed by atoms with Crippen LogP contribution in [0.25, 0.3) is 0 Å². The van der Waals surface area contributed by atoms with Gasteiger partial charge < -0.3 is 20.1 Å². The molecular weight excluding hydrogens is 360 g/mol. The van der Waals surface area contributed by atoms with Gasteiger partial charge in [0.1, 0.15) is 5.75 Å². The first kappa shape index (κ1) is 21.0. The molecular formula is C21H24N2O5. The molecule has 0 radical (unpaired) electrons. The SMILES string of the molecule is CNC(=O)c1ccc(NC(=O)COC(=O)CCCOc2ccc(C)cc2)cc1. The van der Waals surface area contributed by atoms with Crippen LogP contribution in [0, 0.1) is 6.92 Å². The van der Waals surface area contributed by atoms with Gasteiger partial charge in [0.15, 0.2) is 6.61 Å². The van der Waals surface area contributed by atoms with Gasteiger partial charge in [0.25, 0.3) is 11.8 Å². The highest BCUT2D eigenvalue weighted by atomic mass is 16.5. The average molecular weight is 384 g/mol. The lowest BCUT2D eigenvalue weighted by atomic mass is 10.2. The maximum Gasteiger partial charge on any atom is 0.306 e. The van der Waals surface area contributed by atoms with Gasteiger partial charge in [-0.05, 0) is 49.7 Å². The predicted molar refractivity (Wildman–Crippen MR) is 105 cm³/mol. The molecule has 0 atom stereocenters. The van der Waals surface area contributed by atoms with Crippen molar-refractivity contribution in [3.05, 3.63) is 59.7 Å². The third-order valence-electron chi connectivity index (χ3n) is 3.84. The second-order valence-corrected chi connectivity index (χ2v) is 6.13. The van der Waals surface area contributed by atoms with Gasteiger partial charge in [-0.1, -0.05) is 17.7 Å². The Balaban J connectivity index is 1.63. The number of carbonyl (C=O) groups excluding carboxylic acids is 3. The van der Waals surface area contributed by atoms with Crippen LogP contribution in [0.5, 0.6) is 5.75 Å². The van der Waals surface area contributed by atoms with E-state index in [4.69, 9.17) is 9.47 Å². The Morgan fingerprint density at radius 2 is 1.64 bits per heavy atom. The van der Waals surface area contributed by atoms with Gasteiger partial charge in [0.2, 0.25) is 0 Å². The number of hydrogen-bond donors (Lipinski definition) is 2. The minimum absolute atomic E-state index is 0.167. The van der Waals surface area contributed by atoms with Crippen molar-refractivity contribution in [3.8, 4) is 5.75 Å². The van der Waals surface area contributed by atoms with E-state index in [2.05, 4.69) is 10.6 Å². The zero-order valence-electron chi connectivity index (χ0n) is 16.0. The number of aryl methyl sites for hydroxylation is 1.